The number of carboxylic acid groups (broad SMARTS) is 1. The van der Waals surface area contributed by atoms with E-state index in [-0.39, 0.29) is 39.9 Å². The summed E-state index contributed by atoms with van der Waals surface area (Å²) in [5, 5.41) is 33.0. The Bertz CT molecular complexity index is 1580. The van der Waals surface area contributed by atoms with Crippen LogP contribution in [0.25, 0.3) is 22.6 Å². The van der Waals surface area contributed by atoms with Gasteiger partial charge in [0.25, 0.3) is 0 Å². The van der Waals surface area contributed by atoms with E-state index in [1.165, 1.54) is 36.5 Å². The molecule has 0 fully saturated rings. The zero-order valence-corrected chi connectivity index (χ0v) is 17.5. The minimum Gasteiger partial charge on any atom is -0.507 e. The Morgan fingerprint density at radius 3 is 2.57 bits per heavy atom. The van der Waals surface area contributed by atoms with Gasteiger partial charge in [-0.25, -0.2) is 18.8 Å². The smallest absolute Gasteiger partial charge is 0.339 e. The Morgan fingerprint density at radius 2 is 1.80 bits per heavy atom. The highest BCUT2D eigenvalue weighted by molar-refractivity contribution is 5.92. The van der Waals surface area contributed by atoms with Crippen molar-refractivity contribution in [1.29, 1.82) is 0 Å². The molecule has 174 valence electrons. The zero-order valence-electron chi connectivity index (χ0n) is 17.5. The van der Waals surface area contributed by atoms with Crippen molar-refractivity contribution in [3.63, 3.8) is 0 Å². The molecule has 3 heterocycles. The van der Waals surface area contributed by atoms with Crippen LogP contribution >= 0.6 is 0 Å². The maximum atomic E-state index is 14.1. The van der Waals surface area contributed by atoms with E-state index in [1.807, 2.05) is 0 Å². The van der Waals surface area contributed by atoms with E-state index in [4.69, 9.17) is 4.42 Å². The molecule has 35 heavy (non-hydrogen) atoms. The van der Waals surface area contributed by atoms with Crippen LogP contribution in [0.3, 0.4) is 0 Å². The second kappa shape index (κ2) is 8.90. The summed E-state index contributed by atoms with van der Waals surface area (Å²) in [6.45, 7) is 0. The lowest BCUT2D eigenvalue weighted by atomic mass is 10.1. The van der Waals surface area contributed by atoms with Crippen LogP contribution in [0, 0.1) is 5.82 Å². The van der Waals surface area contributed by atoms with Gasteiger partial charge in [-0.1, -0.05) is 12.1 Å². The first-order valence-corrected chi connectivity index (χ1v) is 9.95. The Kier molecular flexibility index (Phi) is 5.47. The average molecular weight is 475 g/mol. The number of nitrogens with zero attached hydrogens (tertiary/aromatic N) is 5. The molecule has 3 aromatic heterocycles. The summed E-state index contributed by atoms with van der Waals surface area (Å²) < 4.78 is 24.4. The van der Waals surface area contributed by atoms with Crippen LogP contribution in [-0.2, 0) is 0 Å². The molecule has 0 amide bonds. The molecule has 13 heteroatoms. The molecule has 5 aromatic rings. The lowest BCUT2D eigenvalue weighted by molar-refractivity contribution is 0.0693. The third kappa shape index (κ3) is 4.45. The molecule has 0 aliphatic carbocycles. The predicted molar refractivity (Wildman–Crippen MR) is 121 cm³/mol. The molecule has 0 aliphatic heterocycles. The summed E-state index contributed by atoms with van der Waals surface area (Å²) in [6, 6.07) is 13.4. The Labute approximate surface area is 194 Å². The number of hydrogen-bond donors (Lipinski definition) is 4. The van der Waals surface area contributed by atoms with E-state index in [9.17, 15) is 19.4 Å². The molecule has 12 nitrogen and oxygen atoms in total. The summed E-state index contributed by atoms with van der Waals surface area (Å²) in [7, 11) is 0. The van der Waals surface area contributed by atoms with Crippen molar-refractivity contribution >= 4 is 40.8 Å². The van der Waals surface area contributed by atoms with E-state index < -0.39 is 11.8 Å². The van der Waals surface area contributed by atoms with Gasteiger partial charge in [0.1, 0.15) is 28.7 Å². The van der Waals surface area contributed by atoms with Crippen molar-refractivity contribution in [3.05, 3.63) is 71.7 Å². The maximum Gasteiger partial charge on any atom is 0.339 e. The second-order valence-electron chi connectivity index (χ2n) is 7.05. The van der Waals surface area contributed by atoms with Crippen LogP contribution in [0.4, 0.5) is 21.7 Å². The van der Waals surface area contributed by atoms with Crippen molar-refractivity contribution in [1.82, 2.24) is 20.3 Å². The normalized spacial score (nSPS) is 11.2. The van der Waals surface area contributed by atoms with Crippen LogP contribution in [0.15, 0.2) is 68.7 Å². The molecule has 5 rings (SSSR count). The van der Waals surface area contributed by atoms with Gasteiger partial charge < -0.3 is 19.9 Å². The summed E-state index contributed by atoms with van der Waals surface area (Å²) in [4.78, 5) is 19.7. The molecule has 0 aliphatic rings. The number of hydrazone groups is 1. The number of benzene rings is 2. The van der Waals surface area contributed by atoms with Crippen LogP contribution in [0.5, 0.6) is 5.75 Å². The first kappa shape index (κ1) is 21.5. The van der Waals surface area contributed by atoms with Crippen LogP contribution in [0.2, 0.25) is 0 Å². The van der Waals surface area contributed by atoms with Gasteiger partial charge in [0.2, 0.25) is 11.3 Å². The van der Waals surface area contributed by atoms with Gasteiger partial charge in [-0.15, -0.1) is 0 Å². The number of aromatic nitrogens is 4. The number of carbonyl (C=O) groups is 1. The molecule has 0 atom stereocenters. The Balaban J connectivity index is 1.38. The zero-order chi connectivity index (χ0) is 24.4. The minimum absolute atomic E-state index is 0.114. The Morgan fingerprint density at radius 1 is 1.03 bits per heavy atom. The molecule has 4 N–H and O–H groups in total. The molecular formula is C22H14FN7O5. The number of anilines is 3. The molecule has 0 saturated carbocycles. The fourth-order valence-corrected chi connectivity index (χ4v) is 3.09. The van der Waals surface area contributed by atoms with Gasteiger partial charge in [0.15, 0.2) is 11.6 Å². The van der Waals surface area contributed by atoms with Gasteiger partial charge >= 0.3 is 5.97 Å². The van der Waals surface area contributed by atoms with Crippen LogP contribution in [-0.4, -0.2) is 42.7 Å². The number of rotatable bonds is 7. The average Bonchev–Trinajstić information content (AvgIpc) is 3.50. The number of furan rings is 1. The topological polar surface area (TPSA) is 172 Å². The SMILES string of the molecule is O=C(O)c1cc(-c2ccc(C=NNc3nc4nonc4nc3Nc3ccccc3F)o2)ccc1O. The van der Waals surface area contributed by atoms with Gasteiger partial charge in [0.05, 0.1) is 11.9 Å². The fourth-order valence-electron chi connectivity index (χ4n) is 3.09. The number of aromatic carboxylic acids is 1. The number of aromatic hydroxyl groups is 1. The van der Waals surface area contributed by atoms with E-state index in [0.717, 1.165) is 0 Å². The summed E-state index contributed by atoms with van der Waals surface area (Å²) >= 11 is 0. The summed E-state index contributed by atoms with van der Waals surface area (Å²) in [6.07, 6.45) is 1.35. The van der Waals surface area contributed by atoms with E-state index >= 15 is 0 Å². The lowest BCUT2D eigenvalue weighted by Gasteiger charge is -2.09. The number of carboxylic acids is 1. The van der Waals surface area contributed by atoms with Crippen molar-refractivity contribution in [2.24, 2.45) is 5.10 Å². The highest BCUT2D eigenvalue weighted by atomic mass is 19.1. The molecule has 0 radical (unpaired) electrons. The third-order valence-corrected chi connectivity index (χ3v) is 4.74. The minimum atomic E-state index is -1.26. The van der Waals surface area contributed by atoms with Crippen LogP contribution < -0.4 is 10.7 Å². The number of phenols is 1. The third-order valence-electron chi connectivity index (χ3n) is 4.74. The van der Waals surface area contributed by atoms with Crippen molar-refractivity contribution in [2.45, 2.75) is 0 Å². The van der Waals surface area contributed by atoms with E-state index in [0.29, 0.717) is 17.1 Å². The molecule has 0 spiro atoms. The fraction of sp³-hybridized carbons (Fsp3) is 0. The number of fused-ring (bicyclic) bond motifs is 1. The first-order valence-electron chi connectivity index (χ1n) is 9.95. The van der Waals surface area contributed by atoms with Gasteiger partial charge in [-0.3, -0.25) is 5.43 Å². The molecule has 0 unspecified atom stereocenters. The molecule has 0 saturated heterocycles. The molecule has 2 aromatic carbocycles. The van der Waals surface area contributed by atoms with E-state index in [2.05, 4.69) is 40.8 Å². The van der Waals surface area contributed by atoms with Crippen molar-refractivity contribution < 1.29 is 28.4 Å². The maximum absolute atomic E-state index is 14.1. The second-order valence-corrected chi connectivity index (χ2v) is 7.05. The highest BCUT2D eigenvalue weighted by Gasteiger charge is 2.15. The monoisotopic (exact) mass is 475 g/mol. The summed E-state index contributed by atoms with van der Waals surface area (Å²) in [5.41, 5.74) is 3.29. The predicted octanol–water partition coefficient (Wildman–Crippen LogP) is 4.01. The van der Waals surface area contributed by atoms with Gasteiger partial charge in [-0.05, 0) is 52.8 Å². The molecular weight excluding hydrogens is 461 g/mol. The first-order chi connectivity index (χ1) is 17.0. The number of nitrogens with one attached hydrogen (secondary N) is 2. The number of hydrogen-bond acceptors (Lipinski definition) is 11. The highest BCUT2D eigenvalue weighted by Crippen LogP contribution is 2.28. The Hall–Kier alpha value is -5.33. The molecule has 0 bridgehead atoms. The lowest BCUT2D eigenvalue weighted by Crippen LogP contribution is -2.04. The van der Waals surface area contributed by atoms with Gasteiger partial charge in [0, 0.05) is 5.56 Å². The van der Waals surface area contributed by atoms with Crippen molar-refractivity contribution in [2.75, 3.05) is 10.7 Å². The van der Waals surface area contributed by atoms with Gasteiger partial charge in [-0.2, -0.15) is 10.1 Å². The summed E-state index contributed by atoms with van der Waals surface area (Å²) in [5.74, 6) is -1.17. The standard InChI is InChI=1S/C22H14FN7O5/c23-14-3-1-2-4-15(14)25-18-19(27-21-20(26-18)29-35-30-21)28-24-10-12-6-8-17(34-12)11-5-7-16(31)13(9-11)22(32)33/h1-10,31H,(H,32,33)(H,25,26,29)(H,27,28,30). The number of para-hydroxylation sites is 1. The number of halogens is 1. The van der Waals surface area contributed by atoms with E-state index in [1.54, 1.807) is 24.3 Å². The quantitative estimate of drug-likeness (QED) is 0.198. The van der Waals surface area contributed by atoms with Crippen molar-refractivity contribution in [3.8, 4) is 17.1 Å². The van der Waals surface area contributed by atoms with Crippen LogP contribution in [0.1, 0.15) is 16.1 Å². The largest absolute Gasteiger partial charge is 0.507 e.